The smallest absolute Gasteiger partial charge is 0.136 e. The number of furan rings is 1. The van der Waals surface area contributed by atoms with Crippen LogP contribution in [0.2, 0.25) is 0 Å². The lowest BCUT2D eigenvalue weighted by Crippen LogP contribution is -1.91. The second-order valence-electron chi connectivity index (χ2n) is 10.9. The summed E-state index contributed by atoms with van der Waals surface area (Å²) in [4.78, 5) is 0. The number of para-hydroxylation sites is 1. The van der Waals surface area contributed by atoms with Crippen molar-refractivity contribution in [1.82, 2.24) is 0 Å². The molecule has 8 aromatic carbocycles. The fourth-order valence-corrected chi connectivity index (χ4v) is 6.67. The minimum Gasteiger partial charge on any atom is -0.456 e. The third-order valence-electron chi connectivity index (χ3n) is 8.64. The van der Waals surface area contributed by atoms with Crippen LogP contribution in [0.25, 0.3) is 87.6 Å². The van der Waals surface area contributed by atoms with E-state index >= 15 is 0 Å². The van der Waals surface area contributed by atoms with Gasteiger partial charge in [-0.1, -0.05) is 121 Å². The van der Waals surface area contributed by atoms with Crippen LogP contribution < -0.4 is 0 Å². The molecule has 0 saturated heterocycles. The summed E-state index contributed by atoms with van der Waals surface area (Å²) in [6, 6.07) is 52.7. The van der Waals surface area contributed by atoms with Crippen molar-refractivity contribution in [2.75, 3.05) is 0 Å². The first-order valence-corrected chi connectivity index (χ1v) is 14.1. The second kappa shape index (κ2) is 8.55. The monoisotopic (exact) mass is 520 g/mol. The van der Waals surface area contributed by atoms with E-state index in [0.717, 1.165) is 27.5 Å². The van der Waals surface area contributed by atoms with Gasteiger partial charge in [-0.15, -0.1) is 0 Å². The molecule has 0 fully saturated rings. The van der Waals surface area contributed by atoms with Crippen molar-refractivity contribution in [1.29, 1.82) is 0 Å². The highest BCUT2D eigenvalue weighted by Gasteiger charge is 2.17. The van der Waals surface area contributed by atoms with Crippen molar-refractivity contribution in [2.45, 2.75) is 0 Å². The zero-order valence-corrected chi connectivity index (χ0v) is 22.3. The van der Waals surface area contributed by atoms with E-state index in [4.69, 9.17) is 4.42 Å². The summed E-state index contributed by atoms with van der Waals surface area (Å²) in [5.74, 6) is 0. The van der Waals surface area contributed by atoms with Crippen LogP contribution >= 0.6 is 0 Å². The first kappa shape index (κ1) is 22.4. The number of hydrogen-bond acceptors (Lipinski definition) is 1. The van der Waals surface area contributed by atoms with Gasteiger partial charge in [0.05, 0.1) is 0 Å². The van der Waals surface area contributed by atoms with E-state index in [2.05, 4.69) is 133 Å². The van der Waals surface area contributed by atoms with E-state index in [9.17, 15) is 0 Å². The highest BCUT2D eigenvalue weighted by Crippen LogP contribution is 2.44. The molecule has 0 N–H and O–H groups in total. The average molecular weight is 521 g/mol. The Morgan fingerprint density at radius 2 is 0.902 bits per heavy atom. The Morgan fingerprint density at radius 1 is 0.317 bits per heavy atom. The molecule has 0 unspecified atom stereocenters. The van der Waals surface area contributed by atoms with Gasteiger partial charge in [0.25, 0.3) is 0 Å². The van der Waals surface area contributed by atoms with Gasteiger partial charge in [-0.3, -0.25) is 0 Å². The van der Waals surface area contributed by atoms with Crippen LogP contribution in [-0.2, 0) is 0 Å². The lowest BCUT2D eigenvalue weighted by molar-refractivity contribution is 0.669. The van der Waals surface area contributed by atoms with Crippen LogP contribution in [0.1, 0.15) is 0 Å². The van der Waals surface area contributed by atoms with Crippen LogP contribution in [0.4, 0.5) is 0 Å². The molecular formula is C40H24O. The minimum atomic E-state index is 0.923. The van der Waals surface area contributed by atoms with E-state index in [-0.39, 0.29) is 0 Å². The van der Waals surface area contributed by atoms with Crippen LogP contribution in [0.3, 0.4) is 0 Å². The molecule has 0 aliphatic heterocycles. The summed E-state index contributed by atoms with van der Waals surface area (Å²) in [6.07, 6.45) is 0. The topological polar surface area (TPSA) is 13.1 Å². The van der Waals surface area contributed by atoms with E-state index in [1.54, 1.807) is 0 Å². The van der Waals surface area contributed by atoms with Gasteiger partial charge in [0, 0.05) is 10.8 Å². The Bertz CT molecular complexity index is 2380. The van der Waals surface area contributed by atoms with E-state index < -0.39 is 0 Å². The van der Waals surface area contributed by atoms with Crippen molar-refractivity contribution in [3.05, 3.63) is 146 Å². The van der Waals surface area contributed by atoms with Gasteiger partial charge in [-0.25, -0.2) is 0 Å². The van der Waals surface area contributed by atoms with Gasteiger partial charge in [0.2, 0.25) is 0 Å². The standard InChI is InChI=1S/C40H24O/c1-2-7-26(8-3-1)35-24-36(34-22-18-29-10-6-9-28-17-21-33(35)40(34)39(28)29)27-15-13-25(14-16-27)30-19-20-32-31-11-4-5-12-37(31)41-38(32)23-30/h1-24H. The van der Waals surface area contributed by atoms with Crippen molar-refractivity contribution >= 4 is 54.3 Å². The maximum absolute atomic E-state index is 6.17. The second-order valence-corrected chi connectivity index (χ2v) is 10.9. The molecule has 9 aromatic rings. The molecule has 0 spiro atoms. The van der Waals surface area contributed by atoms with E-state index in [1.807, 2.05) is 12.1 Å². The molecule has 1 heterocycles. The average Bonchev–Trinajstić information content (AvgIpc) is 3.42. The molecule has 0 aliphatic rings. The van der Waals surface area contributed by atoms with Crippen molar-refractivity contribution in [2.24, 2.45) is 0 Å². The van der Waals surface area contributed by atoms with Crippen molar-refractivity contribution in [3.8, 4) is 33.4 Å². The number of benzene rings is 8. The summed E-state index contributed by atoms with van der Waals surface area (Å²) in [7, 11) is 0. The van der Waals surface area contributed by atoms with E-state index in [0.29, 0.717) is 0 Å². The zero-order valence-electron chi connectivity index (χ0n) is 22.3. The first-order chi connectivity index (χ1) is 20.3. The van der Waals surface area contributed by atoms with Crippen LogP contribution in [0, 0.1) is 0 Å². The lowest BCUT2D eigenvalue weighted by atomic mass is 9.85. The highest BCUT2D eigenvalue weighted by atomic mass is 16.3. The lowest BCUT2D eigenvalue weighted by Gasteiger charge is -2.18. The summed E-state index contributed by atoms with van der Waals surface area (Å²) < 4.78 is 6.17. The Kier molecular flexibility index (Phi) is 4.67. The Balaban J connectivity index is 1.24. The van der Waals surface area contributed by atoms with Crippen molar-refractivity contribution in [3.63, 3.8) is 0 Å². The molecule has 1 heteroatoms. The van der Waals surface area contributed by atoms with Crippen LogP contribution in [0.5, 0.6) is 0 Å². The van der Waals surface area contributed by atoms with Crippen molar-refractivity contribution < 1.29 is 4.42 Å². The zero-order chi connectivity index (χ0) is 26.9. The van der Waals surface area contributed by atoms with Crippen LogP contribution in [0.15, 0.2) is 150 Å². The summed E-state index contributed by atoms with van der Waals surface area (Å²) in [6.45, 7) is 0. The normalized spacial score (nSPS) is 11.9. The minimum absolute atomic E-state index is 0.923. The van der Waals surface area contributed by atoms with E-state index in [1.165, 1.54) is 60.1 Å². The molecule has 0 radical (unpaired) electrons. The fourth-order valence-electron chi connectivity index (χ4n) is 6.67. The maximum Gasteiger partial charge on any atom is 0.136 e. The molecule has 190 valence electrons. The van der Waals surface area contributed by atoms with Gasteiger partial charge >= 0.3 is 0 Å². The quantitative estimate of drug-likeness (QED) is 0.211. The van der Waals surface area contributed by atoms with Gasteiger partial charge < -0.3 is 4.42 Å². The molecule has 0 aliphatic carbocycles. The van der Waals surface area contributed by atoms with Crippen LogP contribution in [-0.4, -0.2) is 0 Å². The molecule has 0 bridgehead atoms. The van der Waals surface area contributed by atoms with Gasteiger partial charge in [-0.2, -0.15) is 0 Å². The Morgan fingerprint density at radius 3 is 1.66 bits per heavy atom. The number of fused-ring (bicyclic) bond motifs is 3. The third kappa shape index (κ3) is 3.36. The third-order valence-corrected chi connectivity index (χ3v) is 8.64. The Labute approximate surface area is 237 Å². The largest absolute Gasteiger partial charge is 0.456 e. The summed E-state index contributed by atoms with van der Waals surface area (Å²) in [5.41, 5.74) is 9.17. The van der Waals surface area contributed by atoms with Gasteiger partial charge in [-0.05, 0) is 90.0 Å². The molecule has 1 nitrogen and oxygen atoms in total. The predicted octanol–water partition coefficient (Wildman–Crippen LogP) is 11.5. The molecule has 41 heavy (non-hydrogen) atoms. The molecule has 1 aromatic heterocycles. The number of rotatable bonds is 3. The summed E-state index contributed by atoms with van der Waals surface area (Å²) in [5, 5.41) is 10.2. The molecule has 0 saturated carbocycles. The molecule has 9 rings (SSSR count). The van der Waals surface area contributed by atoms with Gasteiger partial charge in [0.1, 0.15) is 11.2 Å². The first-order valence-electron chi connectivity index (χ1n) is 14.1. The molecular weight excluding hydrogens is 496 g/mol. The maximum atomic E-state index is 6.17. The SMILES string of the molecule is c1ccc(-c2cc(-c3ccc(-c4ccc5c(c4)oc4ccccc45)cc3)c3ccc4cccc5ccc2c3c54)cc1. The molecule has 0 atom stereocenters. The highest BCUT2D eigenvalue weighted by molar-refractivity contribution is 6.28. The number of hydrogen-bond donors (Lipinski definition) is 0. The Hall–Kier alpha value is -5.40. The molecule has 0 amide bonds. The fraction of sp³-hybridized carbons (Fsp3) is 0. The summed E-state index contributed by atoms with van der Waals surface area (Å²) >= 11 is 0. The van der Waals surface area contributed by atoms with Gasteiger partial charge in [0.15, 0.2) is 0 Å². The predicted molar refractivity (Wildman–Crippen MR) is 174 cm³/mol.